The van der Waals surface area contributed by atoms with Crippen molar-refractivity contribution < 1.29 is 4.79 Å². The number of aromatic amines is 1. The van der Waals surface area contributed by atoms with Gasteiger partial charge < -0.3 is 10.3 Å². The van der Waals surface area contributed by atoms with E-state index < -0.39 is 0 Å². The molecule has 0 atom stereocenters. The Bertz CT molecular complexity index is 508. The number of halogens is 1. The normalized spacial score (nSPS) is 10.1. The molecule has 0 saturated heterocycles. The zero-order chi connectivity index (χ0) is 11.5. The van der Waals surface area contributed by atoms with Crippen molar-refractivity contribution in [3.05, 3.63) is 35.2 Å². The lowest BCUT2D eigenvalue weighted by molar-refractivity contribution is -0.114. The fourth-order valence-corrected chi connectivity index (χ4v) is 1.87. The highest BCUT2D eigenvalue weighted by Crippen LogP contribution is 2.27. The molecule has 1 aromatic heterocycles. The fraction of sp³-hybridized carbons (Fsp3) is 0.0909. The molecular weight excluding hydrogens is 270 g/mol. The van der Waals surface area contributed by atoms with Crippen molar-refractivity contribution in [2.75, 3.05) is 5.32 Å². The van der Waals surface area contributed by atoms with Crippen LogP contribution in [0.25, 0.3) is 11.3 Å². The summed E-state index contributed by atoms with van der Waals surface area (Å²) in [7, 11) is 0. The van der Waals surface area contributed by atoms with Gasteiger partial charge in [-0.15, -0.1) is 0 Å². The Morgan fingerprint density at radius 3 is 2.88 bits per heavy atom. The molecule has 0 bridgehead atoms. The topological polar surface area (TPSA) is 57.8 Å². The third kappa shape index (κ3) is 2.30. The van der Waals surface area contributed by atoms with Crippen molar-refractivity contribution in [1.82, 2.24) is 9.97 Å². The summed E-state index contributed by atoms with van der Waals surface area (Å²) in [5.74, 6) is -0.0880. The lowest BCUT2D eigenvalue weighted by Gasteiger charge is -2.06. The van der Waals surface area contributed by atoms with Crippen LogP contribution in [-0.4, -0.2) is 15.9 Å². The first-order valence-corrected chi connectivity index (χ1v) is 5.52. The standard InChI is InChI=1S/C11H10BrN3O/c1-7(16)15-10-3-2-8(4-9(10)12)11-5-13-6-14-11/h2-6H,1H3,(H,13,14)(H,15,16). The van der Waals surface area contributed by atoms with Crippen molar-refractivity contribution in [3.8, 4) is 11.3 Å². The van der Waals surface area contributed by atoms with E-state index in [2.05, 4.69) is 31.2 Å². The van der Waals surface area contributed by atoms with Gasteiger partial charge in [0.05, 0.1) is 23.9 Å². The Morgan fingerprint density at radius 2 is 2.31 bits per heavy atom. The van der Waals surface area contributed by atoms with Crippen LogP contribution in [0.3, 0.4) is 0 Å². The number of rotatable bonds is 2. The molecule has 0 spiro atoms. The fourth-order valence-electron chi connectivity index (χ4n) is 1.39. The zero-order valence-corrected chi connectivity index (χ0v) is 10.2. The number of H-pyrrole nitrogens is 1. The first-order valence-electron chi connectivity index (χ1n) is 4.72. The predicted molar refractivity (Wildman–Crippen MR) is 66.0 cm³/mol. The van der Waals surface area contributed by atoms with E-state index in [-0.39, 0.29) is 5.91 Å². The number of benzene rings is 1. The van der Waals surface area contributed by atoms with E-state index in [9.17, 15) is 4.79 Å². The van der Waals surface area contributed by atoms with Crippen molar-refractivity contribution >= 4 is 27.5 Å². The number of hydrogen-bond donors (Lipinski definition) is 2. The van der Waals surface area contributed by atoms with Gasteiger partial charge >= 0.3 is 0 Å². The van der Waals surface area contributed by atoms with Crippen molar-refractivity contribution in [3.63, 3.8) is 0 Å². The number of imidazole rings is 1. The highest BCUT2D eigenvalue weighted by Gasteiger charge is 2.05. The molecule has 2 N–H and O–H groups in total. The first kappa shape index (κ1) is 10.9. The van der Waals surface area contributed by atoms with Crippen LogP contribution in [0.1, 0.15) is 6.92 Å². The Morgan fingerprint density at radius 1 is 1.50 bits per heavy atom. The summed E-state index contributed by atoms with van der Waals surface area (Å²) in [6, 6.07) is 5.70. The number of carbonyl (C=O) groups is 1. The molecule has 4 nitrogen and oxygen atoms in total. The third-order valence-corrected chi connectivity index (χ3v) is 2.75. The van der Waals surface area contributed by atoms with Gasteiger partial charge in [0, 0.05) is 17.0 Å². The molecular formula is C11H10BrN3O. The Hall–Kier alpha value is -1.62. The molecule has 0 radical (unpaired) electrons. The van der Waals surface area contributed by atoms with Crippen LogP contribution in [0.2, 0.25) is 0 Å². The van der Waals surface area contributed by atoms with E-state index in [0.717, 1.165) is 21.4 Å². The summed E-state index contributed by atoms with van der Waals surface area (Å²) >= 11 is 3.41. The van der Waals surface area contributed by atoms with Crippen LogP contribution in [-0.2, 0) is 4.79 Å². The van der Waals surface area contributed by atoms with Crippen molar-refractivity contribution in [2.24, 2.45) is 0 Å². The maximum absolute atomic E-state index is 10.9. The van der Waals surface area contributed by atoms with Crippen molar-refractivity contribution in [1.29, 1.82) is 0 Å². The molecule has 1 heterocycles. The Kier molecular flexibility index (Phi) is 3.05. The van der Waals surface area contributed by atoms with E-state index >= 15 is 0 Å². The summed E-state index contributed by atoms with van der Waals surface area (Å²) < 4.78 is 0.842. The van der Waals surface area contributed by atoms with E-state index in [1.54, 1.807) is 12.5 Å². The number of anilines is 1. The highest BCUT2D eigenvalue weighted by atomic mass is 79.9. The van der Waals surface area contributed by atoms with Crippen LogP contribution in [0.15, 0.2) is 35.2 Å². The van der Waals surface area contributed by atoms with Crippen molar-refractivity contribution in [2.45, 2.75) is 6.92 Å². The number of hydrogen-bond acceptors (Lipinski definition) is 2. The summed E-state index contributed by atoms with van der Waals surface area (Å²) in [5.41, 5.74) is 2.71. The summed E-state index contributed by atoms with van der Waals surface area (Å²) in [5, 5.41) is 2.73. The Labute approximate surface area is 101 Å². The molecule has 0 aliphatic rings. The molecule has 16 heavy (non-hydrogen) atoms. The molecule has 5 heteroatoms. The quantitative estimate of drug-likeness (QED) is 0.888. The predicted octanol–water partition coefficient (Wildman–Crippen LogP) is 2.80. The second-order valence-corrected chi connectivity index (χ2v) is 4.20. The average Bonchev–Trinajstić information content (AvgIpc) is 2.73. The average molecular weight is 280 g/mol. The summed E-state index contributed by atoms with van der Waals surface area (Å²) in [6.07, 6.45) is 3.38. The van der Waals surface area contributed by atoms with Crippen LogP contribution < -0.4 is 5.32 Å². The molecule has 82 valence electrons. The van der Waals surface area contributed by atoms with Gasteiger partial charge in [-0.05, 0) is 28.1 Å². The molecule has 1 amide bonds. The maximum Gasteiger partial charge on any atom is 0.221 e. The molecule has 0 saturated carbocycles. The van der Waals surface area contributed by atoms with E-state index in [0.29, 0.717) is 0 Å². The van der Waals surface area contributed by atoms with Gasteiger partial charge in [0.15, 0.2) is 0 Å². The number of aromatic nitrogens is 2. The number of nitrogens with one attached hydrogen (secondary N) is 2. The van der Waals surface area contributed by atoms with E-state index in [1.165, 1.54) is 6.92 Å². The number of nitrogens with zero attached hydrogens (tertiary/aromatic N) is 1. The second-order valence-electron chi connectivity index (χ2n) is 3.34. The van der Waals surface area contributed by atoms with E-state index in [4.69, 9.17) is 0 Å². The van der Waals surface area contributed by atoms with Gasteiger partial charge in [-0.25, -0.2) is 4.98 Å². The first-order chi connectivity index (χ1) is 7.66. The van der Waals surface area contributed by atoms with Gasteiger partial charge in [-0.2, -0.15) is 0 Å². The maximum atomic E-state index is 10.9. The second kappa shape index (κ2) is 4.49. The monoisotopic (exact) mass is 279 g/mol. The van der Waals surface area contributed by atoms with Gasteiger partial charge in [0.25, 0.3) is 0 Å². The molecule has 0 unspecified atom stereocenters. The highest BCUT2D eigenvalue weighted by molar-refractivity contribution is 9.10. The molecule has 0 fully saturated rings. The van der Waals surface area contributed by atoms with Crippen LogP contribution in [0.5, 0.6) is 0 Å². The van der Waals surface area contributed by atoms with Gasteiger partial charge in [-0.3, -0.25) is 4.79 Å². The van der Waals surface area contributed by atoms with Gasteiger partial charge in [0.1, 0.15) is 0 Å². The minimum absolute atomic E-state index is 0.0880. The van der Waals surface area contributed by atoms with E-state index in [1.807, 2.05) is 18.2 Å². The largest absolute Gasteiger partial charge is 0.345 e. The minimum Gasteiger partial charge on any atom is -0.345 e. The molecule has 0 aliphatic carbocycles. The van der Waals surface area contributed by atoms with Crippen LogP contribution in [0.4, 0.5) is 5.69 Å². The van der Waals surface area contributed by atoms with Crippen LogP contribution >= 0.6 is 15.9 Å². The molecule has 0 aliphatic heterocycles. The SMILES string of the molecule is CC(=O)Nc1ccc(-c2cnc[nH]2)cc1Br. The van der Waals surface area contributed by atoms with Gasteiger partial charge in [-0.1, -0.05) is 6.07 Å². The smallest absolute Gasteiger partial charge is 0.221 e. The number of amides is 1. The summed E-state index contributed by atoms with van der Waals surface area (Å²) in [4.78, 5) is 17.9. The molecule has 2 aromatic rings. The van der Waals surface area contributed by atoms with Gasteiger partial charge in [0.2, 0.25) is 5.91 Å². The third-order valence-electron chi connectivity index (χ3n) is 2.09. The zero-order valence-electron chi connectivity index (χ0n) is 8.62. The van der Waals surface area contributed by atoms with Crippen LogP contribution in [0, 0.1) is 0 Å². The number of carbonyl (C=O) groups excluding carboxylic acids is 1. The Balaban J connectivity index is 2.33. The minimum atomic E-state index is -0.0880. The molecule has 1 aromatic carbocycles. The molecule has 2 rings (SSSR count). The lowest BCUT2D eigenvalue weighted by Crippen LogP contribution is -2.06. The lowest BCUT2D eigenvalue weighted by atomic mass is 10.1. The summed E-state index contributed by atoms with van der Waals surface area (Å²) in [6.45, 7) is 1.48.